The topological polar surface area (TPSA) is 48.7 Å². The van der Waals surface area contributed by atoms with E-state index < -0.39 is 0 Å². The molecule has 1 aromatic heterocycles. The Bertz CT molecular complexity index is 871. The van der Waals surface area contributed by atoms with E-state index in [4.69, 9.17) is 11.6 Å². The van der Waals surface area contributed by atoms with Gasteiger partial charge in [-0.15, -0.1) is 0 Å². The molecular weight excluding hydrogens is 289 g/mol. The van der Waals surface area contributed by atoms with Crippen molar-refractivity contribution < 1.29 is 4.39 Å². The number of fused-ring (bicyclic) bond motifs is 1. The molecule has 1 N–H and O–H groups in total. The van der Waals surface area contributed by atoms with E-state index in [-0.39, 0.29) is 5.82 Å². The van der Waals surface area contributed by atoms with Crippen LogP contribution < -0.4 is 5.32 Å². The number of nitrogens with zero attached hydrogens (tertiary/aromatic N) is 2. The molecule has 2 aromatic carbocycles. The molecule has 0 aliphatic heterocycles. The summed E-state index contributed by atoms with van der Waals surface area (Å²) in [5, 5.41) is 13.6. The zero-order valence-corrected chi connectivity index (χ0v) is 11.5. The molecule has 0 radical (unpaired) electrons. The average molecular weight is 298 g/mol. The maximum Gasteiger partial charge on any atom is 0.125 e. The fourth-order valence-electron chi connectivity index (χ4n) is 2.09. The third-order valence-corrected chi connectivity index (χ3v) is 3.28. The van der Waals surface area contributed by atoms with E-state index in [0.29, 0.717) is 32.9 Å². The standard InChI is InChI=1S/C16H9ClFN3/c17-11-4-5-15-14(6-11)16(10(8-19)9-20-15)21-13-3-1-2-12(18)7-13/h1-7,9H,(H,20,21). The molecule has 102 valence electrons. The summed E-state index contributed by atoms with van der Waals surface area (Å²) in [5.74, 6) is -0.352. The molecule has 3 rings (SSSR count). The summed E-state index contributed by atoms with van der Waals surface area (Å²) in [6, 6.07) is 13.4. The first-order valence-electron chi connectivity index (χ1n) is 6.18. The highest BCUT2D eigenvalue weighted by molar-refractivity contribution is 6.31. The quantitative estimate of drug-likeness (QED) is 0.749. The molecule has 0 atom stereocenters. The van der Waals surface area contributed by atoms with Crippen LogP contribution in [0.2, 0.25) is 5.02 Å². The van der Waals surface area contributed by atoms with Gasteiger partial charge in [-0.2, -0.15) is 5.26 Å². The Balaban J connectivity index is 2.19. The molecule has 0 aliphatic rings. The lowest BCUT2D eigenvalue weighted by Crippen LogP contribution is -1.97. The van der Waals surface area contributed by atoms with Crippen LogP contribution in [0.3, 0.4) is 0 Å². The van der Waals surface area contributed by atoms with E-state index in [2.05, 4.69) is 16.4 Å². The van der Waals surface area contributed by atoms with Gasteiger partial charge in [0.15, 0.2) is 0 Å². The Morgan fingerprint density at radius 2 is 2.05 bits per heavy atom. The summed E-state index contributed by atoms with van der Waals surface area (Å²) in [6.07, 6.45) is 1.48. The number of rotatable bonds is 2. The van der Waals surface area contributed by atoms with Gasteiger partial charge >= 0.3 is 0 Å². The first-order chi connectivity index (χ1) is 10.2. The first kappa shape index (κ1) is 13.3. The number of pyridine rings is 1. The lowest BCUT2D eigenvalue weighted by molar-refractivity contribution is 0.628. The maximum atomic E-state index is 13.3. The fourth-order valence-corrected chi connectivity index (χ4v) is 2.27. The molecule has 0 aliphatic carbocycles. The second kappa shape index (κ2) is 5.39. The minimum Gasteiger partial charge on any atom is -0.354 e. The molecule has 3 aromatic rings. The number of aromatic nitrogens is 1. The molecule has 0 spiro atoms. The lowest BCUT2D eigenvalue weighted by Gasteiger charge is -2.11. The van der Waals surface area contributed by atoms with Crippen molar-refractivity contribution in [2.24, 2.45) is 0 Å². The predicted octanol–water partition coefficient (Wildman–Crippen LogP) is 4.64. The van der Waals surface area contributed by atoms with Crippen LogP contribution in [0.15, 0.2) is 48.7 Å². The van der Waals surface area contributed by atoms with Gasteiger partial charge in [0.2, 0.25) is 0 Å². The number of hydrogen-bond acceptors (Lipinski definition) is 3. The summed E-state index contributed by atoms with van der Waals surface area (Å²) in [6.45, 7) is 0. The van der Waals surface area contributed by atoms with E-state index >= 15 is 0 Å². The van der Waals surface area contributed by atoms with Gasteiger partial charge < -0.3 is 5.32 Å². The molecule has 5 heteroatoms. The zero-order valence-electron chi connectivity index (χ0n) is 10.8. The van der Waals surface area contributed by atoms with Gasteiger partial charge in [-0.1, -0.05) is 17.7 Å². The van der Waals surface area contributed by atoms with Gasteiger partial charge in [-0.25, -0.2) is 4.39 Å². The molecule has 3 nitrogen and oxygen atoms in total. The van der Waals surface area contributed by atoms with Crippen LogP contribution in [0.1, 0.15) is 5.56 Å². The third-order valence-electron chi connectivity index (χ3n) is 3.04. The van der Waals surface area contributed by atoms with Crippen LogP contribution in [0.5, 0.6) is 0 Å². The molecule has 0 saturated carbocycles. The highest BCUT2D eigenvalue weighted by atomic mass is 35.5. The van der Waals surface area contributed by atoms with E-state index in [0.717, 1.165) is 0 Å². The highest BCUT2D eigenvalue weighted by Crippen LogP contribution is 2.30. The largest absolute Gasteiger partial charge is 0.354 e. The van der Waals surface area contributed by atoms with Gasteiger partial charge in [0.1, 0.15) is 11.9 Å². The van der Waals surface area contributed by atoms with Crippen molar-refractivity contribution in [1.29, 1.82) is 5.26 Å². The molecule has 0 bridgehead atoms. The summed E-state index contributed by atoms with van der Waals surface area (Å²) in [4.78, 5) is 4.22. The van der Waals surface area contributed by atoms with Crippen LogP contribution in [0.4, 0.5) is 15.8 Å². The Labute approximate surface area is 125 Å². The van der Waals surface area contributed by atoms with Crippen molar-refractivity contribution in [3.63, 3.8) is 0 Å². The minimum absolute atomic E-state index is 0.352. The smallest absolute Gasteiger partial charge is 0.125 e. The third kappa shape index (κ3) is 2.64. The molecule has 0 saturated heterocycles. The highest BCUT2D eigenvalue weighted by Gasteiger charge is 2.10. The SMILES string of the molecule is N#Cc1cnc2ccc(Cl)cc2c1Nc1cccc(F)c1. The number of benzene rings is 2. The van der Waals surface area contributed by atoms with E-state index in [9.17, 15) is 9.65 Å². The maximum absolute atomic E-state index is 13.3. The van der Waals surface area contributed by atoms with Gasteiger partial charge in [-0.05, 0) is 36.4 Å². The van der Waals surface area contributed by atoms with E-state index in [1.165, 1.54) is 18.3 Å². The molecule has 0 unspecified atom stereocenters. The summed E-state index contributed by atoms with van der Waals surface area (Å²) in [5.41, 5.74) is 2.20. The number of halogens is 2. The number of anilines is 2. The van der Waals surface area contributed by atoms with Crippen molar-refractivity contribution in [2.45, 2.75) is 0 Å². The minimum atomic E-state index is -0.352. The fraction of sp³-hybridized carbons (Fsp3) is 0. The Morgan fingerprint density at radius 1 is 1.19 bits per heavy atom. The summed E-state index contributed by atoms with van der Waals surface area (Å²) >= 11 is 6.02. The molecular formula is C16H9ClFN3. The molecule has 0 fully saturated rings. The predicted molar refractivity (Wildman–Crippen MR) is 81.2 cm³/mol. The number of hydrogen-bond donors (Lipinski definition) is 1. The van der Waals surface area contributed by atoms with Crippen molar-refractivity contribution in [2.75, 3.05) is 5.32 Å². The van der Waals surface area contributed by atoms with E-state index in [1.54, 1.807) is 30.3 Å². The van der Waals surface area contributed by atoms with Crippen LogP contribution >= 0.6 is 11.6 Å². The van der Waals surface area contributed by atoms with Crippen LogP contribution in [0, 0.1) is 17.1 Å². The summed E-state index contributed by atoms with van der Waals surface area (Å²) < 4.78 is 13.3. The first-order valence-corrected chi connectivity index (χ1v) is 6.56. The molecule has 0 amide bonds. The van der Waals surface area contributed by atoms with Gasteiger partial charge in [-0.3, -0.25) is 4.98 Å². The van der Waals surface area contributed by atoms with Gasteiger partial charge in [0.05, 0.1) is 16.8 Å². The van der Waals surface area contributed by atoms with Crippen LogP contribution in [-0.4, -0.2) is 4.98 Å². The number of nitriles is 1. The monoisotopic (exact) mass is 297 g/mol. The number of nitrogens with one attached hydrogen (secondary N) is 1. The Morgan fingerprint density at radius 3 is 2.81 bits per heavy atom. The van der Waals surface area contributed by atoms with Crippen molar-refractivity contribution in [3.8, 4) is 6.07 Å². The van der Waals surface area contributed by atoms with E-state index in [1.807, 2.05) is 0 Å². The molecule has 21 heavy (non-hydrogen) atoms. The average Bonchev–Trinajstić information content (AvgIpc) is 2.48. The van der Waals surface area contributed by atoms with Crippen molar-refractivity contribution >= 4 is 33.9 Å². The van der Waals surface area contributed by atoms with Crippen molar-refractivity contribution in [1.82, 2.24) is 4.98 Å². The van der Waals surface area contributed by atoms with Crippen LogP contribution in [0.25, 0.3) is 10.9 Å². The van der Waals surface area contributed by atoms with Gasteiger partial charge in [0, 0.05) is 22.3 Å². The van der Waals surface area contributed by atoms with Crippen molar-refractivity contribution in [3.05, 3.63) is 65.1 Å². The van der Waals surface area contributed by atoms with Crippen LogP contribution in [-0.2, 0) is 0 Å². The zero-order chi connectivity index (χ0) is 14.8. The lowest BCUT2D eigenvalue weighted by atomic mass is 10.1. The summed E-state index contributed by atoms with van der Waals surface area (Å²) in [7, 11) is 0. The second-order valence-corrected chi connectivity index (χ2v) is 4.89. The second-order valence-electron chi connectivity index (χ2n) is 4.46. The Kier molecular flexibility index (Phi) is 3.43. The van der Waals surface area contributed by atoms with Gasteiger partial charge in [0.25, 0.3) is 0 Å². The Hall–Kier alpha value is -2.64. The molecule has 1 heterocycles. The normalized spacial score (nSPS) is 10.3.